The Hall–Kier alpha value is -2.60. The summed E-state index contributed by atoms with van der Waals surface area (Å²) in [7, 11) is 0. The summed E-state index contributed by atoms with van der Waals surface area (Å²) in [5.74, 6) is -0.850. The number of amides is 1. The van der Waals surface area contributed by atoms with E-state index in [1.165, 1.54) is 18.2 Å². The minimum atomic E-state index is -0.634. The third-order valence-electron chi connectivity index (χ3n) is 2.87. The van der Waals surface area contributed by atoms with Gasteiger partial charge >= 0.3 is 0 Å². The molecule has 0 atom stereocenters. The van der Waals surface area contributed by atoms with Gasteiger partial charge in [0.25, 0.3) is 11.6 Å². The molecule has 0 aliphatic heterocycles. The number of carbonyl (C=O) groups is 1. The second kappa shape index (κ2) is 5.80. The molecule has 21 heavy (non-hydrogen) atoms. The second-order valence-electron chi connectivity index (χ2n) is 4.38. The van der Waals surface area contributed by atoms with Crippen molar-refractivity contribution >= 4 is 28.9 Å². The number of hydrogen-bond donors (Lipinski definition) is 2. The van der Waals surface area contributed by atoms with Gasteiger partial charge in [0.15, 0.2) is 0 Å². The number of benzene rings is 2. The lowest BCUT2D eigenvalue weighted by atomic mass is 10.1. The standard InChI is InChI=1S/C14H11ClN2O4/c1-8-2-3-9(6-11(8)15)14(19)16-12-5-4-10(17(20)21)7-13(12)18/h2-7,18H,1H3,(H,16,19). The van der Waals surface area contributed by atoms with Crippen molar-refractivity contribution in [1.82, 2.24) is 0 Å². The number of rotatable bonds is 3. The van der Waals surface area contributed by atoms with Crippen molar-refractivity contribution in [2.45, 2.75) is 6.92 Å². The average Bonchev–Trinajstić information content (AvgIpc) is 2.43. The van der Waals surface area contributed by atoms with Crippen LogP contribution in [0.4, 0.5) is 11.4 Å². The van der Waals surface area contributed by atoms with Gasteiger partial charge in [-0.3, -0.25) is 14.9 Å². The van der Waals surface area contributed by atoms with Crippen molar-refractivity contribution in [3.05, 3.63) is 62.7 Å². The number of nitrogens with one attached hydrogen (secondary N) is 1. The molecule has 108 valence electrons. The van der Waals surface area contributed by atoms with E-state index in [0.717, 1.165) is 11.6 Å². The minimum Gasteiger partial charge on any atom is -0.506 e. The fourth-order valence-corrected chi connectivity index (χ4v) is 1.85. The van der Waals surface area contributed by atoms with Crippen LogP contribution in [0, 0.1) is 17.0 Å². The Morgan fingerprint density at radius 1 is 1.29 bits per heavy atom. The van der Waals surface area contributed by atoms with Gasteiger partial charge in [-0.25, -0.2) is 0 Å². The lowest BCUT2D eigenvalue weighted by Crippen LogP contribution is -2.12. The molecular weight excluding hydrogens is 296 g/mol. The number of aromatic hydroxyl groups is 1. The predicted octanol–water partition coefficient (Wildman–Crippen LogP) is 3.51. The summed E-state index contributed by atoms with van der Waals surface area (Å²) in [6, 6.07) is 8.23. The lowest BCUT2D eigenvalue weighted by Gasteiger charge is -2.08. The molecule has 0 spiro atoms. The normalized spacial score (nSPS) is 10.2. The summed E-state index contributed by atoms with van der Waals surface area (Å²) in [6.07, 6.45) is 0. The number of non-ortho nitro benzene ring substituents is 1. The van der Waals surface area contributed by atoms with Gasteiger partial charge in [0, 0.05) is 16.7 Å². The van der Waals surface area contributed by atoms with Crippen molar-refractivity contribution in [2.75, 3.05) is 5.32 Å². The number of anilines is 1. The number of carbonyl (C=O) groups excluding carboxylic acids is 1. The number of halogens is 1. The summed E-state index contributed by atoms with van der Waals surface area (Å²) in [6.45, 7) is 1.81. The van der Waals surface area contributed by atoms with Crippen molar-refractivity contribution in [1.29, 1.82) is 0 Å². The number of hydrogen-bond acceptors (Lipinski definition) is 4. The molecule has 0 fully saturated rings. The number of nitro groups is 1. The van der Waals surface area contributed by atoms with Crippen LogP contribution in [-0.2, 0) is 0 Å². The highest BCUT2D eigenvalue weighted by Crippen LogP contribution is 2.28. The SMILES string of the molecule is Cc1ccc(C(=O)Nc2ccc([N+](=O)[O-])cc2O)cc1Cl. The molecule has 2 rings (SSSR count). The highest BCUT2D eigenvalue weighted by Gasteiger charge is 2.13. The number of aryl methyl sites for hydroxylation is 1. The lowest BCUT2D eigenvalue weighted by molar-refractivity contribution is -0.384. The molecule has 0 saturated heterocycles. The van der Waals surface area contributed by atoms with Crippen molar-refractivity contribution in [3.8, 4) is 5.75 Å². The maximum atomic E-state index is 12.0. The number of phenolic OH excluding ortho intramolecular Hbond substituents is 1. The zero-order chi connectivity index (χ0) is 15.6. The Morgan fingerprint density at radius 2 is 2.00 bits per heavy atom. The van der Waals surface area contributed by atoms with Crippen LogP contribution in [0.2, 0.25) is 5.02 Å². The fourth-order valence-electron chi connectivity index (χ4n) is 1.67. The second-order valence-corrected chi connectivity index (χ2v) is 4.78. The van der Waals surface area contributed by atoms with Crippen LogP contribution in [0.25, 0.3) is 0 Å². The molecule has 0 unspecified atom stereocenters. The van der Waals surface area contributed by atoms with Gasteiger partial charge in [-0.2, -0.15) is 0 Å². The molecule has 0 aromatic heterocycles. The summed E-state index contributed by atoms with van der Waals surface area (Å²) in [4.78, 5) is 22.0. The third-order valence-corrected chi connectivity index (χ3v) is 3.28. The topological polar surface area (TPSA) is 92.5 Å². The van der Waals surface area contributed by atoms with E-state index in [1.54, 1.807) is 12.1 Å². The van der Waals surface area contributed by atoms with Crippen molar-refractivity contribution in [2.24, 2.45) is 0 Å². The van der Waals surface area contributed by atoms with Crippen LogP contribution in [0.1, 0.15) is 15.9 Å². The Labute approximate surface area is 125 Å². The predicted molar refractivity (Wildman–Crippen MR) is 78.9 cm³/mol. The van der Waals surface area contributed by atoms with Gasteiger partial charge in [-0.05, 0) is 30.7 Å². The molecule has 2 aromatic carbocycles. The zero-order valence-corrected chi connectivity index (χ0v) is 11.7. The molecule has 2 aromatic rings. The van der Waals surface area contributed by atoms with Crippen LogP contribution in [0.5, 0.6) is 5.75 Å². The van der Waals surface area contributed by atoms with Gasteiger partial charge in [-0.15, -0.1) is 0 Å². The number of nitro benzene ring substituents is 1. The summed E-state index contributed by atoms with van der Waals surface area (Å²) in [5, 5.41) is 23.2. The molecule has 0 heterocycles. The largest absolute Gasteiger partial charge is 0.506 e. The van der Waals surface area contributed by atoms with E-state index >= 15 is 0 Å². The van der Waals surface area contributed by atoms with Crippen LogP contribution in [0.3, 0.4) is 0 Å². The summed E-state index contributed by atoms with van der Waals surface area (Å²) < 4.78 is 0. The average molecular weight is 307 g/mol. The van der Waals surface area contributed by atoms with Gasteiger partial charge in [0.05, 0.1) is 16.7 Å². The Bertz CT molecular complexity index is 731. The van der Waals surface area contributed by atoms with Gasteiger partial charge < -0.3 is 10.4 Å². The first kappa shape index (κ1) is 14.8. The van der Waals surface area contributed by atoms with E-state index in [-0.39, 0.29) is 17.1 Å². The van der Waals surface area contributed by atoms with E-state index in [0.29, 0.717) is 10.6 Å². The van der Waals surface area contributed by atoms with Crippen molar-refractivity contribution < 1.29 is 14.8 Å². The summed E-state index contributed by atoms with van der Waals surface area (Å²) in [5.41, 5.74) is 0.987. The van der Waals surface area contributed by atoms with E-state index in [4.69, 9.17) is 11.6 Å². The Kier molecular flexibility index (Phi) is 4.09. The van der Waals surface area contributed by atoms with Crippen LogP contribution in [-0.4, -0.2) is 15.9 Å². The van der Waals surface area contributed by atoms with Crippen LogP contribution in [0.15, 0.2) is 36.4 Å². The molecular formula is C14H11ClN2O4. The van der Waals surface area contributed by atoms with E-state index < -0.39 is 10.8 Å². The van der Waals surface area contributed by atoms with E-state index in [9.17, 15) is 20.0 Å². The van der Waals surface area contributed by atoms with E-state index in [1.807, 2.05) is 6.92 Å². The van der Waals surface area contributed by atoms with Crippen LogP contribution < -0.4 is 5.32 Å². The molecule has 2 N–H and O–H groups in total. The number of phenols is 1. The molecule has 0 aliphatic carbocycles. The highest BCUT2D eigenvalue weighted by molar-refractivity contribution is 6.31. The number of nitrogens with zero attached hydrogens (tertiary/aromatic N) is 1. The third kappa shape index (κ3) is 3.29. The zero-order valence-electron chi connectivity index (χ0n) is 11.0. The molecule has 0 bridgehead atoms. The smallest absolute Gasteiger partial charge is 0.273 e. The van der Waals surface area contributed by atoms with Gasteiger partial charge in [-0.1, -0.05) is 17.7 Å². The first-order chi connectivity index (χ1) is 9.88. The minimum absolute atomic E-state index is 0.0855. The molecule has 0 saturated carbocycles. The van der Waals surface area contributed by atoms with Crippen molar-refractivity contribution in [3.63, 3.8) is 0 Å². The molecule has 1 amide bonds. The van der Waals surface area contributed by atoms with Gasteiger partial charge in [0.1, 0.15) is 5.75 Å². The maximum Gasteiger partial charge on any atom is 0.273 e. The monoisotopic (exact) mass is 306 g/mol. The maximum absolute atomic E-state index is 12.0. The van der Waals surface area contributed by atoms with E-state index in [2.05, 4.69) is 5.32 Å². The highest BCUT2D eigenvalue weighted by atomic mass is 35.5. The molecule has 7 heteroatoms. The first-order valence-electron chi connectivity index (χ1n) is 5.93. The first-order valence-corrected chi connectivity index (χ1v) is 6.31. The Morgan fingerprint density at radius 3 is 2.57 bits per heavy atom. The quantitative estimate of drug-likeness (QED) is 0.515. The fraction of sp³-hybridized carbons (Fsp3) is 0.0714. The van der Waals surface area contributed by atoms with Gasteiger partial charge in [0.2, 0.25) is 0 Å². The molecule has 6 nitrogen and oxygen atoms in total. The summed E-state index contributed by atoms with van der Waals surface area (Å²) >= 11 is 5.94. The molecule has 0 aliphatic rings. The molecule has 0 radical (unpaired) electrons. The van der Waals surface area contributed by atoms with Crippen LogP contribution >= 0.6 is 11.6 Å². The Balaban J connectivity index is 2.23.